The summed E-state index contributed by atoms with van der Waals surface area (Å²) in [6.07, 6.45) is 2.52. The Kier molecular flexibility index (Phi) is 3.92. The van der Waals surface area contributed by atoms with Gasteiger partial charge in [-0.25, -0.2) is 4.68 Å². The van der Waals surface area contributed by atoms with Crippen molar-refractivity contribution in [3.05, 3.63) is 71.4 Å². The molecule has 2 heterocycles. The number of amides is 1. The van der Waals surface area contributed by atoms with Crippen molar-refractivity contribution in [2.45, 2.75) is 32.7 Å². The molecule has 1 saturated carbocycles. The van der Waals surface area contributed by atoms with Gasteiger partial charge in [-0.2, -0.15) is 5.10 Å². The normalized spacial score (nSPS) is 19.0. The van der Waals surface area contributed by atoms with E-state index in [9.17, 15) is 4.79 Å². The molecule has 4 rings (SSSR count). The molecular formula is C20H21N3O2. The van der Waals surface area contributed by atoms with Crippen molar-refractivity contribution in [3.8, 4) is 5.69 Å². The number of nitrogens with zero attached hydrogens (tertiary/aromatic N) is 2. The molecular weight excluding hydrogens is 314 g/mol. The molecule has 0 unspecified atom stereocenters. The maximum absolute atomic E-state index is 12.4. The average Bonchev–Trinajstić information content (AvgIpc) is 3.06. The van der Waals surface area contributed by atoms with Crippen LogP contribution >= 0.6 is 0 Å². The monoisotopic (exact) mass is 335 g/mol. The van der Waals surface area contributed by atoms with Gasteiger partial charge in [0.05, 0.1) is 17.6 Å². The summed E-state index contributed by atoms with van der Waals surface area (Å²) >= 11 is 0. The molecule has 128 valence electrons. The number of furan rings is 1. The Balaban J connectivity index is 1.45. The molecule has 2 aromatic heterocycles. The van der Waals surface area contributed by atoms with Crippen LogP contribution in [0.2, 0.25) is 0 Å². The van der Waals surface area contributed by atoms with Crippen LogP contribution in [0.4, 0.5) is 0 Å². The minimum Gasteiger partial charge on any atom is -0.469 e. The van der Waals surface area contributed by atoms with Gasteiger partial charge in [0, 0.05) is 24.1 Å². The fraction of sp³-hybridized carbons (Fsp3) is 0.300. The molecule has 25 heavy (non-hydrogen) atoms. The second kappa shape index (κ2) is 6.24. The summed E-state index contributed by atoms with van der Waals surface area (Å²) in [5.74, 6) is 1.24. The maximum atomic E-state index is 12.4. The van der Waals surface area contributed by atoms with Crippen LogP contribution in [0.5, 0.6) is 0 Å². The van der Waals surface area contributed by atoms with Crippen LogP contribution < -0.4 is 5.32 Å². The number of aryl methyl sites for hydroxylation is 2. The number of aromatic nitrogens is 2. The van der Waals surface area contributed by atoms with Gasteiger partial charge >= 0.3 is 0 Å². The van der Waals surface area contributed by atoms with Crippen molar-refractivity contribution in [2.75, 3.05) is 0 Å². The van der Waals surface area contributed by atoms with E-state index in [0.29, 0.717) is 6.54 Å². The third-order valence-corrected chi connectivity index (χ3v) is 4.72. The molecule has 0 saturated heterocycles. The van der Waals surface area contributed by atoms with E-state index < -0.39 is 0 Å². The SMILES string of the molecule is Cc1cc(C)n(-c2ccccc2CNC(=O)[C@@H]2C[C@@H]2c2ccco2)n1. The first kappa shape index (κ1) is 15.7. The lowest BCUT2D eigenvalue weighted by Crippen LogP contribution is -2.25. The maximum Gasteiger partial charge on any atom is 0.224 e. The van der Waals surface area contributed by atoms with Gasteiger partial charge in [0.1, 0.15) is 5.76 Å². The molecule has 0 spiro atoms. The van der Waals surface area contributed by atoms with E-state index in [4.69, 9.17) is 4.42 Å². The molecule has 2 atom stereocenters. The highest BCUT2D eigenvalue weighted by Crippen LogP contribution is 2.47. The third-order valence-electron chi connectivity index (χ3n) is 4.72. The van der Waals surface area contributed by atoms with Gasteiger partial charge in [-0.1, -0.05) is 18.2 Å². The number of rotatable bonds is 5. The Hall–Kier alpha value is -2.82. The van der Waals surface area contributed by atoms with E-state index >= 15 is 0 Å². The van der Waals surface area contributed by atoms with Crippen molar-refractivity contribution in [1.29, 1.82) is 0 Å². The smallest absolute Gasteiger partial charge is 0.224 e. The largest absolute Gasteiger partial charge is 0.469 e. The lowest BCUT2D eigenvalue weighted by molar-refractivity contribution is -0.122. The number of hydrogen-bond acceptors (Lipinski definition) is 3. The molecule has 1 N–H and O–H groups in total. The van der Waals surface area contributed by atoms with Gasteiger partial charge in [0.2, 0.25) is 5.91 Å². The first-order valence-electron chi connectivity index (χ1n) is 8.56. The average molecular weight is 335 g/mol. The molecule has 0 aliphatic heterocycles. The first-order chi connectivity index (χ1) is 12.1. The van der Waals surface area contributed by atoms with E-state index in [0.717, 1.165) is 34.8 Å². The minimum atomic E-state index is 0.0204. The van der Waals surface area contributed by atoms with Crippen molar-refractivity contribution in [1.82, 2.24) is 15.1 Å². The van der Waals surface area contributed by atoms with Crippen LogP contribution in [0, 0.1) is 19.8 Å². The van der Waals surface area contributed by atoms with Crippen molar-refractivity contribution >= 4 is 5.91 Å². The van der Waals surface area contributed by atoms with Gasteiger partial charge in [0.25, 0.3) is 0 Å². The van der Waals surface area contributed by atoms with E-state index in [1.807, 2.05) is 61.0 Å². The molecule has 1 aliphatic rings. The molecule has 1 amide bonds. The number of nitrogens with one attached hydrogen (secondary N) is 1. The Morgan fingerprint density at radius 3 is 2.84 bits per heavy atom. The zero-order valence-electron chi connectivity index (χ0n) is 14.4. The molecule has 1 fully saturated rings. The Bertz CT molecular complexity index is 896. The Morgan fingerprint density at radius 1 is 1.28 bits per heavy atom. The van der Waals surface area contributed by atoms with E-state index in [1.165, 1.54) is 0 Å². The first-order valence-corrected chi connectivity index (χ1v) is 8.56. The van der Waals surface area contributed by atoms with Crippen molar-refractivity contribution in [2.24, 2.45) is 5.92 Å². The van der Waals surface area contributed by atoms with Crippen LogP contribution in [-0.2, 0) is 11.3 Å². The summed E-state index contributed by atoms with van der Waals surface area (Å²) in [5.41, 5.74) is 4.12. The molecule has 1 aliphatic carbocycles. The summed E-state index contributed by atoms with van der Waals surface area (Å²) in [7, 11) is 0. The number of hydrogen-bond donors (Lipinski definition) is 1. The lowest BCUT2D eigenvalue weighted by Gasteiger charge is -2.12. The van der Waals surface area contributed by atoms with E-state index in [2.05, 4.69) is 10.4 Å². The molecule has 3 aromatic rings. The zero-order chi connectivity index (χ0) is 17.4. The third kappa shape index (κ3) is 3.09. The zero-order valence-corrected chi connectivity index (χ0v) is 14.4. The second-order valence-corrected chi connectivity index (χ2v) is 6.65. The summed E-state index contributed by atoms with van der Waals surface area (Å²) in [6, 6.07) is 13.9. The number of para-hydroxylation sites is 1. The van der Waals surface area contributed by atoms with Crippen LogP contribution in [0.1, 0.15) is 35.1 Å². The number of carbonyl (C=O) groups is 1. The topological polar surface area (TPSA) is 60.1 Å². The number of benzene rings is 1. The molecule has 0 radical (unpaired) electrons. The van der Waals surface area contributed by atoms with Crippen LogP contribution in [-0.4, -0.2) is 15.7 Å². The fourth-order valence-corrected chi connectivity index (χ4v) is 3.35. The fourth-order valence-electron chi connectivity index (χ4n) is 3.35. The highest BCUT2D eigenvalue weighted by molar-refractivity contribution is 5.82. The van der Waals surface area contributed by atoms with Gasteiger partial charge in [-0.05, 0) is 50.1 Å². The standard InChI is InChI=1S/C20H21N3O2/c1-13-10-14(2)23(22-13)18-7-4-3-6-15(18)12-21-20(24)17-11-16(17)19-8-5-9-25-19/h3-10,16-17H,11-12H2,1-2H3,(H,21,24)/t16-,17+/m0/s1. The summed E-state index contributed by atoms with van der Waals surface area (Å²) in [6.45, 7) is 4.51. The van der Waals surface area contributed by atoms with Gasteiger partial charge in [-0.3, -0.25) is 4.79 Å². The predicted octanol–water partition coefficient (Wildman–Crippen LogP) is 3.50. The van der Waals surface area contributed by atoms with Gasteiger partial charge < -0.3 is 9.73 Å². The molecule has 5 heteroatoms. The molecule has 5 nitrogen and oxygen atoms in total. The molecule has 0 bridgehead atoms. The predicted molar refractivity (Wildman–Crippen MR) is 94.4 cm³/mol. The van der Waals surface area contributed by atoms with E-state index in [1.54, 1.807) is 6.26 Å². The number of carbonyl (C=O) groups excluding carboxylic acids is 1. The second-order valence-electron chi connectivity index (χ2n) is 6.65. The van der Waals surface area contributed by atoms with Crippen LogP contribution in [0.15, 0.2) is 53.1 Å². The lowest BCUT2D eigenvalue weighted by atomic mass is 10.1. The summed E-state index contributed by atoms with van der Waals surface area (Å²) in [5, 5.41) is 7.62. The highest BCUT2D eigenvalue weighted by Gasteiger charge is 2.45. The van der Waals surface area contributed by atoms with Gasteiger partial charge in [0.15, 0.2) is 0 Å². The Morgan fingerprint density at radius 2 is 2.12 bits per heavy atom. The summed E-state index contributed by atoms with van der Waals surface area (Å²) in [4.78, 5) is 12.4. The van der Waals surface area contributed by atoms with Crippen LogP contribution in [0.25, 0.3) is 5.69 Å². The van der Waals surface area contributed by atoms with E-state index in [-0.39, 0.29) is 17.7 Å². The van der Waals surface area contributed by atoms with Crippen molar-refractivity contribution < 1.29 is 9.21 Å². The summed E-state index contributed by atoms with van der Waals surface area (Å²) < 4.78 is 7.33. The molecule has 1 aromatic carbocycles. The Labute approximate surface area is 146 Å². The van der Waals surface area contributed by atoms with Crippen LogP contribution in [0.3, 0.4) is 0 Å². The highest BCUT2D eigenvalue weighted by atomic mass is 16.3. The van der Waals surface area contributed by atoms with Crippen molar-refractivity contribution in [3.63, 3.8) is 0 Å². The quantitative estimate of drug-likeness (QED) is 0.776. The minimum absolute atomic E-state index is 0.0204. The van der Waals surface area contributed by atoms with Gasteiger partial charge in [-0.15, -0.1) is 0 Å².